The van der Waals surface area contributed by atoms with Gasteiger partial charge in [0.05, 0.1) is 5.69 Å². The molecule has 0 N–H and O–H groups in total. The van der Waals surface area contributed by atoms with Gasteiger partial charge in [0.15, 0.2) is 0 Å². The van der Waals surface area contributed by atoms with E-state index in [9.17, 15) is 4.79 Å². The van der Waals surface area contributed by atoms with Crippen molar-refractivity contribution in [1.82, 2.24) is 9.78 Å². The van der Waals surface area contributed by atoms with Crippen molar-refractivity contribution in [3.05, 3.63) is 52.9 Å². The lowest BCUT2D eigenvalue weighted by Gasteiger charge is -2.03. The van der Waals surface area contributed by atoms with E-state index >= 15 is 0 Å². The monoisotopic (exact) mass is 218 g/mol. The molecule has 0 aliphatic rings. The van der Waals surface area contributed by atoms with Gasteiger partial charge in [-0.25, -0.2) is 0 Å². The van der Waals surface area contributed by atoms with Gasteiger partial charge in [-0.15, -0.1) is 11.8 Å². The molecule has 1 heterocycles. The zero-order valence-corrected chi connectivity index (χ0v) is 9.07. The van der Waals surface area contributed by atoms with Crippen LogP contribution in [0.25, 0.3) is 5.69 Å². The molecule has 4 heteroatoms. The summed E-state index contributed by atoms with van der Waals surface area (Å²) < 4.78 is 1.38. The van der Waals surface area contributed by atoms with Crippen LogP contribution in [-0.4, -0.2) is 16.0 Å². The van der Waals surface area contributed by atoms with Crippen molar-refractivity contribution in [1.29, 1.82) is 0 Å². The molecule has 0 fully saturated rings. The number of thioether (sulfide) groups is 1. The molecule has 3 nitrogen and oxygen atoms in total. The molecule has 0 aliphatic carbocycles. The maximum Gasteiger partial charge on any atom is 0.271 e. The Labute approximate surface area is 91.8 Å². The van der Waals surface area contributed by atoms with E-state index in [1.807, 2.05) is 30.5 Å². The average Bonchev–Trinajstić information content (AvgIpc) is 2.30. The Hall–Kier alpha value is -1.55. The quantitative estimate of drug-likeness (QED) is 0.723. The molecule has 1 aromatic heterocycles. The van der Waals surface area contributed by atoms with E-state index in [0.29, 0.717) is 0 Å². The van der Waals surface area contributed by atoms with Crippen molar-refractivity contribution in [2.45, 2.75) is 4.90 Å². The molecule has 0 amide bonds. The average molecular weight is 218 g/mol. The highest BCUT2D eigenvalue weighted by Crippen LogP contribution is 2.15. The van der Waals surface area contributed by atoms with E-state index < -0.39 is 0 Å². The fourth-order valence-corrected chi connectivity index (χ4v) is 1.68. The van der Waals surface area contributed by atoms with Crippen LogP contribution in [0.2, 0.25) is 0 Å². The molecular weight excluding hydrogens is 208 g/mol. The maximum absolute atomic E-state index is 11.5. The summed E-state index contributed by atoms with van der Waals surface area (Å²) in [5.41, 5.74) is 0.674. The molecule has 0 unspecified atom stereocenters. The SMILES string of the molecule is CSc1ccc(-n2ncccc2=O)cc1. The van der Waals surface area contributed by atoms with Gasteiger partial charge < -0.3 is 0 Å². The van der Waals surface area contributed by atoms with E-state index in [-0.39, 0.29) is 5.56 Å². The van der Waals surface area contributed by atoms with E-state index in [4.69, 9.17) is 0 Å². The summed E-state index contributed by atoms with van der Waals surface area (Å²) in [6.45, 7) is 0. The first-order valence-corrected chi connectivity index (χ1v) is 5.72. The summed E-state index contributed by atoms with van der Waals surface area (Å²) in [4.78, 5) is 12.6. The maximum atomic E-state index is 11.5. The van der Waals surface area contributed by atoms with Crippen LogP contribution in [0.1, 0.15) is 0 Å². The fourth-order valence-electron chi connectivity index (χ4n) is 1.28. The van der Waals surface area contributed by atoms with Crippen molar-refractivity contribution >= 4 is 11.8 Å². The molecule has 0 saturated carbocycles. The van der Waals surface area contributed by atoms with Gasteiger partial charge in [-0.05, 0) is 36.6 Å². The third-order valence-electron chi connectivity index (χ3n) is 2.03. The van der Waals surface area contributed by atoms with Crippen LogP contribution in [0.4, 0.5) is 0 Å². The first-order chi connectivity index (χ1) is 7.31. The standard InChI is InChI=1S/C11H10N2OS/c1-15-10-6-4-9(5-7-10)13-11(14)3-2-8-12-13/h2-8H,1H3. The summed E-state index contributed by atoms with van der Waals surface area (Å²) in [5.74, 6) is 0. The van der Waals surface area contributed by atoms with Gasteiger partial charge in [-0.2, -0.15) is 9.78 Å². The van der Waals surface area contributed by atoms with Crippen LogP contribution in [-0.2, 0) is 0 Å². The molecule has 2 aromatic rings. The zero-order chi connectivity index (χ0) is 10.7. The number of hydrogen-bond acceptors (Lipinski definition) is 3. The summed E-state index contributed by atoms with van der Waals surface area (Å²) in [6, 6.07) is 10.9. The number of hydrogen-bond donors (Lipinski definition) is 0. The van der Waals surface area contributed by atoms with Gasteiger partial charge in [-0.1, -0.05) is 0 Å². The molecule has 0 aliphatic heterocycles. The summed E-state index contributed by atoms with van der Waals surface area (Å²) in [6.07, 6.45) is 3.62. The molecule has 0 spiro atoms. The van der Waals surface area contributed by atoms with Crippen molar-refractivity contribution in [2.24, 2.45) is 0 Å². The number of aromatic nitrogens is 2. The molecule has 76 valence electrons. The molecule has 15 heavy (non-hydrogen) atoms. The largest absolute Gasteiger partial charge is 0.271 e. The summed E-state index contributed by atoms with van der Waals surface area (Å²) in [7, 11) is 0. The van der Waals surface area contributed by atoms with Gasteiger partial charge in [0.1, 0.15) is 0 Å². The predicted molar refractivity (Wildman–Crippen MR) is 61.6 cm³/mol. The lowest BCUT2D eigenvalue weighted by Crippen LogP contribution is -2.18. The third kappa shape index (κ3) is 2.10. The van der Waals surface area contributed by atoms with E-state index in [1.54, 1.807) is 24.0 Å². The second-order valence-corrected chi connectivity index (χ2v) is 3.85. The highest BCUT2D eigenvalue weighted by molar-refractivity contribution is 7.98. The Bertz CT molecular complexity index is 504. The number of nitrogens with zero attached hydrogens (tertiary/aromatic N) is 2. The van der Waals surface area contributed by atoms with Gasteiger partial charge in [0.2, 0.25) is 0 Å². The van der Waals surface area contributed by atoms with Crippen LogP contribution in [0.15, 0.2) is 52.3 Å². The van der Waals surface area contributed by atoms with Crippen molar-refractivity contribution < 1.29 is 0 Å². The molecule has 0 saturated heterocycles. The van der Waals surface area contributed by atoms with Gasteiger partial charge in [-0.3, -0.25) is 4.79 Å². The second kappa shape index (κ2) is 4.31. The van der Waals surface area contributed by atoms with Crippen LogP contribution in [0, 0.1) is 0 Å². The van der Waals surface area contributed by atoms with Crippen molar-refractivity contribution in [2.75, 3.05) is 6.26 Å². The van der Waals surface area contributed by atoms with E-state index in [1.165, 1.54) is 15.6 Å². The van der Waals surface area contributed by atoms with Gasteiger partial charge in [0, 0.05) is 17.2 Å². The first-order valence-electron chi connectivity index (χ1n) is 4.50. The first kappa shape index (κ1) is 9.98. The molecule has 0 bridgehead atoms. The molecular formula is C11H10N2OS. The Morgan fingerprint density at radius 2 is 1.93 bits per heavy atom. The summed E-state index contributed by atoms with van der Waals surface area (Å²) in [5, 5.41) is 4.00. The van der Waals surface area contributed by atoms with Gasteiger partial charge in [0.25, 0.3) is 5.56 Å². The molecule has 2 rings (SSSR count). The lowest BCUT2D eigenvalue weighted by molar-refractivity contribution is 0.806. The molecule has 0 radical (unpaired) electrons. The molecule has 1 aromatic carbocycles. The van der Waals surface area contributed by atoms with Crippen molar-refractivity contribution in [3.8, 4) is 5.69 Å². The zero-order valence-electron chi connectivity index (χ0n) is 8.25. The smallest absolute Gasteiger partial charge is 0.267 e. The number of benzene rings is 1. The Balaban J connectivity index is 2.46. The molecule has 0 atom stereocenters. The summed E-state index contributed by atoms with van der Waals surface area (Å²) >= 11 is 1.67. The Morgan fingerprint density at radius 1 is 1.20 bits per heavy atom. The van der Waals surface area contributed by atoms with E-state index in [0.717, 1.165) is 5.69 Å². The van der Waals surface area contributed by atoms with Gasteiger partial charge >= 0.3 is 0 Å². The topological polar surface area (TPSA) is 34.9 Å². The van der Waals surface area contributed by atoms with Crippen LogP contribution >= 0.6 is 11.8 Å². The van der Waals surface area contributed by atoms with Crippen molar-refractivity contribution in [3.63, 3.8) is 0 Å². The van der Waals surface area contributed by atoms with Crippen LogP contribution in [0.3, 0.4) is 0 Å². The minimum absolute atomic E-state index is 0.116. The second-order valence-electron chi connectivity index (χ2n) is 2.97. The minimum Gasteiger partial charge on any atom is -0.267 e. The normalized spacial score (nSPS) is 10.2. The predicted octanol–water partition coefficient (Wildman–Crippen LogP) is 1.95. The van der Waals surface area contributed by atoms with Crippen LogP contribution < -0.4 is 5.56 Å². The lowest BCUT2D eigenvalue weighted by atomic mass is 10.3. The Morgan fingerprint density at radius 3 is 2.53 bits per heavy atom. The van der Waals surface area contributed by atoms with Crippen LogP contribution in [0.5, 0.6) is 0 Å². The number of rotatable bonds is 2. The Kier molecular flexibility index (Phi) is 2.87. The van der Waals surface area contributed by atoms with E-state index in [2.05, 4.69) is 5.10 Å². The minimum atomic E-state index is -0.116. The third-order valence-corrected chi connectivity index (χ3v) is 2.78. The highest BCUT2D eigenvalue weighted by Gasteiger charge is 1.98. The fraction of sp³-hybridized carbons (Fsp3) is 0.0909. The highest BCUT2D eigenvalue weighted by atomic mass is 32.2.